The van der Waals surface area contributed by atoms with Crippen LogP contribution in [0.2, 0.25) is 0 Å². The lowest BCUT2D eigenvalue weighted by Gasteiger charge is -2.24. The lowest BCUT2D eigenvalue weighted by molar-refractivity contribution is -0.122. The highest BCUT2D eigenvalue weighted by Crippen LogP contribution is 2.07. The predicted octanol–water partition coefficient (Wildman–Crippen LogP) is 0.355. The summed E-state index contributed by atoms with van der Waals surface area (Å²) in [5.41, 5.74) is 4.65. The summed E-state index contributed by atoms with van der Waals surface area (Å²) in [6, 6.07) is 6.80. The minimum atomic E-state index is -0.519. The zero-order valence-corrected chi connectivity index (χ0v) is 13.9. The van der Waals surface area contributed by atoms with Crippen LogP contribution < -0.4 is 22.3 Å². The fourth-order valence-corrected chi connectivity index (χ4v) is 2.17. The zero-order chi connectivity index (χ0) is 16.3. The number of hydrogen-bond donors (Lipinski definition) is 3. The van der Waals surface area contributed by atoms with Gasteiger partial charge in [-0.15, -0.1) is 12.4 Å². The largest absolute Gasteiger partial charge is 0.350 e. The van der Waals surface area contributed by atoms with Gasteiger partial charge in [0, 0.05) is 25.0 Å². The van der Waals surface area contributed by atoms with Crippen LogP contribution in [0.1, 0.15) is 20.3 Å². The SMILES string of the molecule is CC(C)(CN)NC(=O)CCn1c(=O)[nH]c(=O)c2ccccc21.Cl. The van der Waals surface area contributed by atoms with Gasteiger partial charge in [-0.05, 0) is 26.0 Å². The van der Waals surface area contributed by atoms with Gasteiger partial charge in [0.15, 0.2) is 0 Å². The molecule has 2 rings (SSSR count). The third kappa shape index (κ3) is 4.43. The molecule has 0 radical (unpaired) electrons. The van der Waals surface area contributed by atoms with Crippen LogP contribution in [0, 0.1) is 0 Å². The summed E-state index contributed by atoms with van der Waals surface area (Å²) < 4.78 is 1.39. The first kappa shape index (κ1) is 18.9. The van der Waals surface area contributed by atoms with Crippen molar-refractivity contribution < 1.29 is 4.79 Å². The highest BCUT2D eigenvalue weighted by atomic mass is 35.5. The van der Waals surface area contributed by atoms with E-state index < -0.39 is 16.8 Å². The van der Waals surface area contributed by atoms with Crippen molar-refractivity contribution >= 4 is 29.2 Å². The van der Waals surface area contributed by atoms with E-state index in [-0.39, 0.29) is 31.3 Å². The van der Waals surface area contributed by atoms with Crippen molar-refractivity contribution in [3.63, 3.8) is 0 Å². The van der Waals surface area contributed by atoms with E-state index in [9.17, 15) is 14.4 Å². The summed E-state index contributed by atoms with van der Waals surface area (Å²) in [6.07, 6.45) is 0.124. The average molecular weight is 341 g/mol. The number of nitrogens with zero attached hydrogens (tertiary/aromatic N) is 1. The Labute approximate surface area is 139 Å². The van der Waals surface area contributed by atoms with E-state index in [4.69, 9.17) is 5.73 Å². The second kappa shape index (κ2) is 7.43. The molecule has 0 saturated heterocycles. The topological polar surface area (TPSA) is 110 Å². The molecule has 0 saturated carbocycles. The molecule has 1 heterocycles. The summed E-state index contributed by atoms with van der Waals surface area (Å²) in [7, 11) is 0. The van der Waals surface area contributed by atoms with Gasteiger partial charge >= 0.3 is 5.69 Å². The van der Waals surface area contributed by atoms with Crippen molar-refractivity contribution in [2.24, 2.45) is 5.73 Å². The van der Waals surface area contributed by atoms with Crippen LogP contribution in [-0.4, -0.2) is 27.5 Å². The summed E-state index contributed by atoms with van der Waals surface area (Å²) in [4.78, 5) is 37.9. The lowest BCUT2D eigenvalue weighted by Crippen LogP contribution is -2.49. The van der Waals surface area contributed by atoms with Crippen LogP contribution in [0.5, 0.6) is 0 Å². The summed E-state index contributed by atoms with van der Waals surface area (Å²) in [6.45, 7) is 4.15. The Morgan fingerprint density at radius 2 is 1.96 bits per heavy atom. The zero-order valence-electron chi connectivity index (χ0n) is 13.1. The fraction of sp³-hybridized carbons (Fsp3) is 0.400. The Morgan fingerprint density at radius 1 is 1.30 bits per heavy atom. The van der Waals surface area contributed by atoms with Crippen LogP contribution in [-0.2, 0) is 11.3 Å². The van der Waals surface area contributed by atoms with E-state index in [0.717, 1.165) is 0 Å². The molecule has 4 N–H and O–H groups in total. The number of carbonyl (C=O) groups excluding carboxylic acids is 1. The molecule has 1 aromatic carbocycles. The molecule has 0 spiro atoms. The number of benzene rings is 1. The highest BCUT2D eigenvalue weighted by Gasteiger charge is 2.18. The summed E-state index contributed by atoms with van der Waals surface area (Å²) in [5.74, 6) is -0.197. The molecule has 0 bridgehead atoms. The lowest BCUT2D eigenvalue weighted by atomic mass is 10.1. The van der Waals surface area contributed by atoms with Gasteiger partial charge in [0.1, 0.15) is 0 Å². The van der Waals surface area contributed by atoms with E-state index in [2.05, 4.69) is 10.3 Å². The average Bonchev–Trinajstić information content (AvgIpc) is 2.46. The molecule has 0 unspecified atom stereocenters. The number of nitrogens with one attached hydrogen (secondary N) is 2. The third-order valence-electron chi connectivity index (χ3n) is 3.46. The number of halogens is 1. The smallest absolute Gasteiger partial charge is 0.328 e. The van der Waals surface area contributed by atoms with Gasteiger partial charge in [0.25, 0.3) is 5.56 Å². The minimum Gasteiger partial charge on any atom is -0.350 e. The monoisotopic (exact) mass is 340 g/mol. The number of nitrogens with two attached hydrogens (primary N) is 1. The number of rotatable bonds is 5. The molecular weight excluding hydrogens is 320 g/mol. The van der Waals surface area contributed by atoms with Crippen LogP contribution in [0.25, 0.3) is 10.9 Å². The quantitative estimate of drug-likeness (QED) is 0.729. The van der Waals surface area contributed by atoms with Crippen LogP contribution in [0.4, 0.5) is 0 Å². The molecule has 1 aromatic heterocycles. The molecule has 23 heavy (non-hydrogen) atoms. The second-order valence-electron chi connectivity index (χ2n) is 5.81. The van der Waals surface area contributed by atoms with Crippen LogP contribution in [0.15, 0.2) is 33.9 Å². The van der Waals surface area contributed by atoms with Crippen molar-refractivity contribution in [1.29, 1.82) is 0 Å². The number of fused-ring (bicyclic) bond motifs is 1. The van der Waals surface area contributed by atoms with Gasteiger partial charge < -0.3 is 11.1 Å². The van der Waals surface area contributed by atoms with E-state index in [1.807, 2.05) is 13.8 Å². The maximum absolute atomic E-state index is 12.0. The molecule has 0 aliphatic heterocycles. The van der Waals surface area contributed by atoms with Crippen LogP contribution in [0.3, 0.4) is 0 Å². The molecule has 7 nitrogen and oxygen atoms in total. The molecule has 8 heteroatoms. The fourth-order valence-electron chi connectivity index (χ4n) is 2.17. The molecule has 1 amide bonds. The number of H-pyrrole nitrogens is 1. The van der Waals surface area contributed by atoms with Gasteiger partial charge in [-0.2, -0.15) is 0 Å². The number of aromatic amines is 1. The standard InChI is InChI=1S/C15H20N4O3.ClH/c1-15(2,9-16)18-12(20)7-8-19-11-6-4-3-5-10(11)13(21)17-14(19)22;/h3-6H,7-9,16H2,1-2H3,(H,18,20)(H,17,21,22);1H. The van der Waals surface area contributed by atoms with Crippen molar-refractivity contribution in [1.82, 2.24) is 14.9 Å². The number of carbonyl (C=O) groups is 1. The Bertz CT molecular complexity index is 810. The second-order valence-corrected chi connectivity index (χ2v) is 5.81. The Balaban J connectivity index is 0.00000264. The van der Waals surface area contributed by atoms with Crippen molar-refractivity contribution in [3.8, 4) is 0 Å². The van der Waals surface area contributed by atoms with E-state index in [0.29, 0.717) is 17.4 Å². The van der Waals surface area contributed by atoms with Gasteiger partial charge in [0.2, 0.25) is 5.91 Å². The minimum absolute atomic E-state index is 0. The number of aryl methyl sites for hydroxylation is 1. The Kier molecular flexibility index (Phi) is 6.12. The molecule has 0 fully saturated rings. The van der Waals surface area contributed by atoms with E-state index >= 15 is 0 Å². The molecule has 0 aliphatic carbocycles. The van der Waals surface area contributed by atoms with Gasteiger partial charge in [-0.1, -0.05) is 12.1 Å². The van der Waals surface area contributed by atoms with Gasteiger partial charge in [-0.25, -0.2) is 4.79 Å². The number of hydrogen-bond acceptors (Lipinski definition) is 4. The van der Waals surface area contributed by atoms with Gasteiger partial charge in [-0.3, -0.25) is 19.1 Å². The van der Waals surface area contributed by atoms with Gasteiger partial charge in [0.05, 0.1) is 10.9 Å². The van der Waals surface area contributed by atoms with Crippen molar-refractivity contribution in [2.75, 3.05) is 6.54 Å². The van der Waals surface area contributed by atoms with Crippen LogP contribution >= 0.6 is 12.4 Å². The first-order valence-electron chi connectivity index (χ1n) is 7.07. The molecule has 0 atom stereocenters. The number of amides is 1. The Hall–Kier alpha value is -2.12. The maximum atomic E-state index is 12.0. The normalized spacial score (nSPS) is 11.1. The predicted molar refractivity (Wildman–Crippen MR) is 92.0 cm³/mol. The maximum Gasteiger partial charge on any atom is 0.328 e. The van der Waals surface area contributed by atoms with Crippen molar-refractivity contribution in [2.45, 2.75) is 32.4 Å². The number of para-hydroxylation sites is 1. The molecule has 126 valence electrons. The summed E-state index contributed by atoms with van der Waals surface area (Å²) in [5, 5.41) is 3.22. The van der Waals surface area contributed by atoms with Crippen molar-refractivity contribution in [3.05, 3.63) is 45.1 Å². The van der Waals surface area contributed by atoms with E-state index in [1.54, 1.807) is 24.3 Å². The summed E-state index contributed by atoms with van der Waals surface area (Å²) >= 11 is 0. The molecule has 0 aliphatic rings. The van der Waals surface area contributed by atoms with E-state index in [1.165, 1.54) is 4.57 Å². The third-order valence-corrected chi connectivity index (χ3v) is 3.46. The Morgan fingerprint density at radius 3 is 2.61 bits per heavy atom. The molecular formula is C15H21ClN4O3. The number of aromatic nitrogens is 2. The first-order chi connectivity index (χ1) is 10.3. The molecule has 2 aromatic rings. The first-order valence-corrected chi connectivity index (χ1v) is 7.07. The highest BCUT2D eigenvalue weighted by molar-refractivity contribution is 5.85.